The van der Waals surface area contributed by atoms with Crippen molar-refractivity contribution in [2.75, 3.05) is 20.2 Å². The van der Waals surface area contributed by atoms with Gasteiger partial charge < -0.3 is 15.2 Å². The van der Waals surface area contributed by atoms with Crippen LogP contribution in [0, 0.1) is 12.8 Å². The lowest BCUT2D eigenvalue weighted by atomic mass is 9.96. The topological polar surface area (TPSA) is 41.5 Å². The third-order valence-corrected chi connectivity index (χ3v) is 3.19. The van der Waals surface area contributed by atoms with Gasteiger partial charge >= 0.3 is 0 Å². The molecule has 3 heteroatoms. The fourth-order valence-corrected chi connectivity index (χ4v) is 2.33. The highest BCUT2D eigenvalue weighted by molar-refractivity contribution is 5.48. The minimum atomic E-state index is 0.306. The van der Waals surface area contributed by atoms with E-state index in [2.05, 4.69) is 11.4 Å². The zero-order valence-corrected chi connectivity index (χ0v) is 9.92. The van der Waals surface area contributed by atoms with E-state index >= 15 is 0 Å². The maximum absolute atomic E-state index is 10.0. The number of methoxy groups -OCH3 is 1. The monoisotopic (exact) mass is 221 g/mol. The first-order valence-corrected chi connectivity index (χ1v) is 5.78. The number of benzene rings is 1. The van der Waals surface area contributed by atoms with Gasteiger partial charge in [-0.1, -0.05) is 6.07 Å². The Labute approximate surface area is 96.4 Å². The van der Waals surface area contributed by atoms with Crippen molar-refractivity contribution in [3.05, 3.63) is 23.3 Å². The quantitative estimate of drug-likeness (QED) is 0.818. The van der Waals surface area contributed by atoms with E-state index in [1.807, 2.05) is 13.0 Å². The number of nitrogens with one attached hydrogen (secondary N) is 1. The first kappa shape index (κ1) is 11.3. The van der Waals surface area contributed by atoms with Gasteiger partial charge in [-0.2, -0.15) is 0 Å². The van der Waals surface area contributed by atoms with Crippen molar-refractivity contribution in [1.29, 1.82) is 0 Å². The zero-order valence-electron chi connectivity index (χ0n) is 9.92. The summed E-state index contributed by atoms with van der Waals surface area (Å²) in [5, 5.41) is 13.4. The Balaban J connectivity index is 2.21. The summed E-state index contributed by atoms with van der Waals surface area (Å²) in [6.07, 6.45) is 2.12. The van der Waals surface area contributed by atoms with E-state index in [1.54, 1.807) is 7.11 Å². The fraction of sp³-hybridized carbons (Fsp3) is 0.538. The van der Waals surface area contributed by atoms with E-state index in [-0.39, 0.29) is 0 Å². The van der Waals surface area contributed by atoms with Crippen LogP contribution in [0.25, 0.3) is 0 Å². The molecule has 1 fully saturated rings. The number of aromatic hydroxyl groups is 1. The Morgan fingerprint density at radius 3 is 2.94 bits per heavy atom. The number of rotatable bonds is 3. The van der Waals surface area contributed by atoms with Crippen molar-refractivity contribution in [2.24, 2.45) is 5.92 Å². The number of aryl methyl sites for hydroxylation is 1. The summed E-state index contributed by atoms with van der Waals surface area (Å²) in [6, 6.07) is 3.92. The van der Waals surface area contributed by atoms with E-state index in [1.165, 1.54) is 6.42 Å². The predicted octanol–water partition coefficient (Wildman–Crippen LogP) is 1.86. The van der Waals surface area contributed by atoms with Gasteiger partial charge in [0.05, 0.1) is 7.11 Å². The van der Waals surface area contributed by atoms with Gasteiger partial charge in [-0.15, -0.1) is 0 Å². The number of phenolic OH excluding ortho intramolecular Hbond substituents is 1. The van der Waals surface area contributed by atoms with Crippen molar-refractivity contribution < 1.29 is 9.84 Å². The van der Waals surface area contributed by atoms with Crippen molar-refractivity contribution in [2.45, 2.75) is 19.8 Å². The first-order chi connectivity index (χ1) is 7.70. The highest BCUT2D eigenvalue weighted by atomic mass is 16.5. The molecule has 1 saturated heterocycles. The third-order valence-electron chi connectivity index (χ3n) is 3.19. The molecular formula is C13H19NO2. The summed E-state index contributed by atoms with van der Waals surface area (Å²) < 4.78 is 5.17. The molecule has 1 heterocycles. The molecular weight excluding hydrogens is 202 g/mol. The molecule has 0 aromatic heterocycles. The summed E-state index contributed by atoms with van der Waals surface area (Å²) >= 11 is 0. The lowest BCUT2D eigenvalue weighted by Crippen LogP contribution is -2.11. The van der Waals surface area contributed by atoms with Crippen molar-refractivity contribution in [3.63, 3.8) is 0 Å². The molecule has 0 radical (unpaired) electrons. The van der Waals surface area contributed by atoms with Crippen LogP contribution in [0.3, 0.4) is 0 Å². The maximum Gasteiger partial charge on any atom is 0.161 e. The molecule has 1 aromatic carbocycles. The Kier molecular flexibility index (Phi) is 3.34. The summed E-state index contributed by atoms with van der Waals surface area (Å²) in [7, 11) is 1.59. The Bertz CT molecular complexity index is 370. The van der Waals surface area contributed by atoms with Crippen LogP contribution in [0.4, 0.5) is 0 Å². The third kappa shape index (κ3) is 2.30. The number of hydrogen-bond acceptors (Lipinski definition) is 3. The normalized spacial score (nSPS) is 20.0. The molecule has 0 bridgehead atoms. The second-order valence-corrected chi connectivity index (χ2v) is 4.54. The summed E-state index contributed by atoms with van der Waals surface area (Å²) in [4.78, 5) is 0. The molecule has 3 nitrogen and oxygen atoms in total. The van der Waals surface area contributed by atoms with Gasteiger partial charge in [0.1, 0.15) is 0 Å². The zero-order chi connectivity index (χ0) is 11.5. The maximum atomic E-state index is 10.0. The van der Waals surface area contributed by atoms with E-state index in [9.17, 15) is 5.11 Å². The first-order valence-electron chi connectivity index (χ1n) is 5.78. The van der Waals surface area contributed by atoms with Crippen LogP contribution in [0.15, 0.2) is 12.1 Å². The van der Waals surface area contributed by atoms with Crippen molar-refractivity contribution in [1.82, 2.24) is 5.32 Å². The van der Waals surface area contributed by atoms with Gasteiger partial charge in [0.15, 0.2) is 11.5 Å². The standard InChI is InChI=1S/C13H19NO2/c1-9-5-11(7-10-3-4-14-8-10)13(15)12(6-9)16-2/h5-6,10,14-15H,3-4,7-8H2,1-2H3. The summed E-state index contributed by atoms with van der Waals surface area (Å²) in [5.74, 6) is 1.53. The van der Waals surface area contributed by atoms with Crippen LogP contribution in [0.2, 0.25) is 0 Å². The molecule has 0 spiro atoms. The highest BCUT2D eigenvalue weighted by Crippen LogP contribution is 2.33. The molecule has 88 valence electrons. The Morgan fingerprint density at radius 1 is 1.50 bits per heavy atom. The van der Waals surface area contributed by atoms with Crippen LogP contribution < -0.4 is 10.1 Å². The van der Waals surface area contributed by atoms with Gasteiger partial charge in [0.2, 0.25) is 0 Å². The van der Waals surface area contributed by atoms with Crippen molar-refractivity contribution in [3.8, 4) is 11.5 Å². The minimum absolute atomic E-state index is 0.306. The van der Waals surface area contributed by atoms with Gasteiger partial charge in [-0.3, -0.25) is 0 Å². The molecule has 0 aliphatic carbocycles. The van der Waals surface area contributed by atoms with Gasteiger partial charge in [-0.25, -0.2) is 0 Å². The van der Waals surface area contributed by atoms with Crippen LogP contribution in [0.5, 0.6) is 11.5 Å². The second-order valence-electron chi connectivity index (χ2n) is 4.54. The minimum Gasteiger partial charge on any atom is -0.504 e. The average molecular weight is 221 g/mol. The van der Waals surface area contributed by atoms with Crippen LogP contribution in [-0.2, 0) is 6.42 Å². The van der Waals surface area contributed by atoms with Crippen LogP contribution in [-0.4, -0.2) is 25.3 Å². The highest BCUT2D eigenvalue weighted by Gasteiger charge is 2.18. The number of ether oxygens (including phenoxy) is 1. The lowest BCUT2D eigenvalue weighted by molar-refractivity contribution is 0.368. The largest absolute Gasteiger partial charge is 0.504 e. The molecule has 0 amide bonds. The summed E-state index contributed by atoms with van der Waals surface area (Å²) in [5.41, 5.74) is 2.14. The lowest BCUT2D eigenvalue weighted by Gasteiger charge is -2.13. The molecule has 16 heavy (non-hydrogen) atoms. The SMILES string of the molecule is COc1cc(C)cc(CC2CCNC2)c1O. The molecule has 1 aliphatic heterocycles. The van der Waals surface area contributed by atoms with Gasteiger partial charge in [0, 0.05) is 0 Å². The van der Waals surface area contributed by atoms with E-state index in [0.717, 1.165) is 30.6 Å². The van der Waals surface area contributed by atoms with Crippen LogP contribution in [0.1, 0.15) is 17.5 Å². The Morgan fingerprint density at radius 2 is 2.31 bits per heavy atom. The molecule has 0 saturated carbocycles. The molecule has 1 aromatic rings. The smallest absolute Gasteiger partial charge is 0.161 e. The molecule has 1 unspecified atom stereocenters. The fourth-order valence-electron chi connectivity index (χ4n) is 2.33. The van der Waals surface area contributed by atoms with Gasteiger partial charge in [0.25, 0.3) is 0 Å². The number of hydrogen-bond donors (Lipinski definition) is 2. The molecule has 2 rings (SSSR count). The van der Waals surface area contributed by atoms with Gasteiger partial charge in [-0.05, 0) is 56.0 Å². The van der Waals surface area contributed by atoms with Crippen LogP contribution >= 0.6 is 0 Å². The van der Waals surface area contributed by atoms with Crippen molar-refractivity contribution >= 4 is 0 Å². The second kappa shape index (κ2) is 4.74. The number of phenols is 1. The average Bonchev–Trinajstić information content (AvgIpc) is 2.75. The van der Waals surface area contributed by atoms with E-state index in [0.29, 0.717) is 17.4 Å². The summed E-state index contributed by atoms with van der Waals surface area (Å²) in [6.45, 7) is 4.17. The molecule has 1 aliphatic rings. The Hall–Kier alpha value is -1.22. The van der Waals surface area contributed by atoms with E-state index < -0.39 is 0 Å². The van der Waals surface area contributed by atoms with E-state index in [4.69, 9.17) is 4.74 Å². The predicted molar refractivity (Wildman–Crippen MR) is 64.1 cm³/mol. The molecule has 2 N–H and O–H groups in total. The molecule has 1 atom stereocenters.